The summed E-state index contributed by atoms with van der Waals surface area (Å²) in [6.45, 7) is 12.8. The van der Waals surface area contributed by atoms with Crippen LogP contribution in [0.15, 0.2) is 60.2 Å². The van der Waals surface area contributed by atoms with Crippen LogP contribution in [0.4, 0.5) is 4.39 Å². The van der Waals surface area contributed by atoms with Crippen LogP contribution < -0.4 is 5.32 Å². The van der Waals surface area contributed by atoms with Gasteiger partial charge in [0.05, 0.1) is 11.6 Å². The number of halogens is 1. The maximum Gasteiger partial charge on any atom is 0.247 e. The van der Waals surface area contributed by atoms with Gasteiger partial charge >= 0.3 is 0 Å². The number of benzene rings is 1. The predicted octanol–water partition coefficient (Wildman–Crippen LogP) is 4.54. The second-order valence-corrected chi connectivity index (χ2v) is 7.36. The third-order valence-electron chi connectivity index (χ3n) is 4.67. The van der Waals surface area contributed by atoms with E-state index in [-0.39, 0.29) is 17.6 Å². The molecule has 0 heterocycles. The molecule has 1 amide bonds. The smallest absolute Gasteiger partial charge is 0.247 e. The Morgan fingerprint density at radius 3 is 2.39 bits per heavy atom. The molecular weight excluding hydrogens is 353 g/mol. The summed E-state index contributed by atoms with van der Waals surface area (Å²) in [5, 5.41) is 12.9. The third-order valence-corrected chi connectivity index (χ3v) is 4.67. The van der Waals surface area contributed by atoms with Gasteiger partial charge in [-0.15, -0.1) is 0 Å². The van der Waals surface area contributed by atoms with Gasteiger partial charge in [0.2, 0.25) is 5.91 Å². The van der Waals surface area contributed by atoms with E-state index in [2.05, 4.69) is 23.7 Å². The van der Waals surface area contributed by atoms with E-state index in [4.69, 9.17) is 0 Å². The molecule has 28 heavy (non-hydrogen) atoms. The molecule has 0 fully saturated rings. The van der Waals surface area contributed by atoms with E-state index < -0.39 is 11.6 Å². The van der Waals surface area contributed by atoms with Crippen molar-refractivity contribution in [1.82, 2.24) is 5.32 Å². The molecule has 0 aromatic heterocycles. The molecule has 4 heteroatoms. The van der Waals surface area contributed by atoms with Crippen molar-refractivity contribution in [3.8, 4) is 11.8 Å². The molecule has 2 unspecified atom stereocenters. The molecule has 0 aliphatic rings. The maximum absolute atomic E-state index is 13.0. The van der Waals surface area contributed by atoms with Crippen LogP contribution in [-0.4, -0.2) is 22.7 Å². The summed E-state index contributed by atoms with van der Waals surface area (Å²) in [6, 6.07) is 5.53. The SMILES string of the molecule is C=CC(C#Cc1ccc(F)cc1)=CC=C(C(=O)NC(C)C(C)(C)O)C(C)CC. The van der Waals surface area contributed by atoms with E-state index in [0.717, 1.165) is 6.42 Å². The number of aliphatic hydroxyl groups is 1. The highest BCUT2D eigenvalue weighted by Gasteiger charge is 2.25. The van der Waals surface area contributed by atoms with Gasteiger partial charge < -0.3 is 10.4 Å². The van der Waals surface area contributed by atoms with Gasteiger partial charge in [0.15, 0.2) is 0 Å². The normalized spacial score (nSPS) is 14.5. The average Bonchev–Trinajstić information content (AvgIpc) is 2.64. The molecule has 0 saturated heterocycles. The van der Waals surface area contributed by atoms with E-state index in [0.29, 0.717) is 16.7 Å². The lowest BCUT2D eigenvalue weighted by Gasteiger charge is -2.27. The molecule has 0 spiro atoms. The quantitative estimate of drug-likeness (QED) is 0.413. The molecule has 0 aliphatic heterocycles. The van der Waals surface area contributed by atoms with Crippen molar-refractivity contribution >= 4 is 5.91 Å². The van der Waals surface area contributed by atoms with Crippen molar-refractivity contribution in [3.63, 3.8) is 0 Å². The topological polar surface area (TPSA) is 49.3 Å². The Hall–Kier alpha value is -2.64. The molecule has 2 atom stereocenters. The Labute approximate surface area is 168 Å². The number of rotatable bonds is 7. The molecule has 0 saturated carbocycles. The molecule has 2 N–H and O–H groups in total. The lowest BCUT2D eigenvalue weighted by atomic mass is 9.95. The third kappa shape index (κ3) is 7.54. The first-order valence-corrected chi connectivity index (χ1v) is 9.43. The molecule has 3 nitrogen and oxygen atoms in total. The Bertz CT molecular complexity index is 802. The van der Waals surface area contributed by atoms with Gasteiger partial charge in [-0.1, -0.05) is 44.4 Å². The van der Waals surface area contributed by atoms with Gasteiger partial charge in [0.25, 0.3) is 0 Å². The second kappa shape index (κ2) is 10.6. The summed E-state index contributed by atoms with van der Waals surface area (Å²) in [4.78, 5) is 12.7. The van der Waals surface area contributed by atoms with E-state index in [1.807, 2.05) is 13.8 Å². The fourth-order valence-electron chi connectivity index (χ4n) is 2.16. The minimum absolute atomic E-state index is 0.0429. The lowest BCUT2D eigenvalue weighted by molar-refractivity contribution is -0.120. The first kappa shape index (κ1) is 23.4. The number of carbonyl (C=O) groups is 1. The molecule has 1 aromatic rings. The first-order valence-electron chi connectivity index (χ1n) is 9.43. The van der Waals surface area contributed by atoms with Crippen molar-refractivity contribution in [3.05, 3.63) is 71.6 Å². The fourth-order valence-corrected chi connectivity index (χ4v) is 2.16. The zero-order chi connectivity index (χ0) is 21.3. The zero-order valence-electron chi connectivity index (χ0n) is 17.3. The van der Waals surface area contributed by atoms with Gasteiger partial charge in [-0.25, -0.2) is 4.39 Å². The molecule has 1 rings (SSSR count). The summed E-state index contributed by atoms with van der Waals surface area (Å²) in [5.74, 6) is 5.45. The van der Waals surface area contributed by atoms with Crippen molar-refractivity contribution < 1.29 is 14.3 Å². The monoisotopic (exact) mass is 383 g/mol. The summed E-state index contributed by atoms with van der Waals surface area (Å²) in [5.41, 5.74) is 0.936. The first-order chi connectivity index (χ1) is 13.1. The summed E-state index contributed by atoms with van der Waals surface area (Å²) in [6.07, 6.45) is 5.91. The van der Waals surface area contributed by atoms with E-state index in [1.54, 1.807) is 51.1 Å². The summed E-state index contributed by atoms with van der Waals surface area (Å²) < 4.78 is 13.0. The minimum atomic E-state index is -1.01. The molecule has 150 valence electrons. The number of amides is 1. The standard InChI is InChI=1S/C24H30FNO2/c1-7-17(3)22(23(27)26-18(4)24(5,6)28)16-13-19(8-2)9-10-20-11-14-21(25)15-12-20/h8,11-18,28H,2,7H2,1,3-6H3,(H,26,27). The highest BCUT2D eigenvalue weighted by Crippen LogP contribution is 2.17. The Morgan fingerprint density at radius 1 is 1.29 bits per heavy atom. The number of carbonyl (C=O) groups excluding carboxylic acids is 1. The van der Waals surface area contributed by atoms with Gasteiger partial charge in [-0.2, -0.15) is 0 Å². The predicted molar refractivity (Wildman–Crippen MR) is 113 cm³/mol. The number of nitrogens with one attached hydrogen (secondary N) is 1. The number of hydrogen-bond acceptors (Lipinski definition) is 2. The highest BCUT2D eigenvalue weighted by atomic mass is 19.1. The minimum Gasteiger partial charge on any atom is -0.388 e. The molecule has 0 radical (unpaired) electrons. The van der Waals surface area contributed by atoms with E-state index in [1.165, 1.54) is 12.1 Å². The van der Waals surface area contributed by atoms with Crippen molar-refractivity contribution in [1.29, 1.82) is 0 Å². The van der Waals surface area contributed by atoms with E-state index in [9.17, 15) is 14.3 Å². The lowest BCUT2D eigenvalue weighted by Crippen LogP contribution is -2.48. The van der Waals surface area contributed by atoms with Crippen LogP contribution in [0.25, 0.3) is 0 Å². The van der Waals surface area contributed by atoms with Crippen molar-refractivity contribution in [2.45, 2.75) is 52.7 Å². The highest BCUT2D eigenvalue weighted by molar-refractivity contribution is 5.94. The molecular formula is C24H30FNO2. The van der Waals surface area contributed by atoms with Crippen LogP contribution in [0.3, 0.4) is 0 Å². The average molecular weight is 384 g/mol. The van der Waals surface area contributed by atoms with Crippen LogP contribution in [0.1, 0.15) is 46.6 Å². The van der Waals surface area contributed by atoms with Gasteiger partial charge in [0, 0.05) is 16.7 Å². The Kier molecular flexibility index (Phi) is 8.88. The van der Waals surface area contributed by atoms with Crippen molar-refractivity contribution in [2.24, 2.45) is 5.92 Å². The summed E-state index contributed by atoms with van der Waals surface area (Å²) in [7, 11) is 0. The van der Waals surface area contributed by atoms with E-state index >= 15 is 0 Å². The van der Waals surface area contributed by atoms with Gasteiger partial charge in [-0.3, -0.25) is 4.79 Å². The van der Waals surface area contributed by atoms with Crippen LogP contribution in [-0.2, 0) is 4.79 Å². The van der Waals surface area contributed by atoms with Crippen LogP contribution >= 0.6 is 0 Å². The largest absolute Gasteiger partial charge is 0.388 e. The Balaban J connectivity index is 3.10. The molecule has 0 bridgehead atoms. The summed E-state index contributed by atoms with van der Waals surface area (Å²) >= 11 is 0. The van der Waals surface area contributed by atoms with Crippen molar-refractivity contribution in [2.75, 3.05) is 0 Å². The number of hydrogen-bond donors (Lipinski definition) is 2. The van der Waals surface area contributed by atoms with Gasteiger partial charge in [0.1, 0.15) is 5.82 Å². The van der Waals surface area contributed by atoms with Crippen LogP contribution in [0.2, 0.25) is 0 Å². The molecule has 1 aromatic carbocycles. The van der Waals surface area contributed by atoms with Crippen LogP contribution in [0, 0.1) is 23.6 Å². The fraction of sp³-hybridized carbons (Fsp3) is 0.375. The molecule has 0 aliphatic carbocycles. The number of allylic oxidation sites excluding steroid dienone is 4. The van der Waals surface area contributed by atoms with Crippen LogP contribution in [0.5, 0.6) is 0 Å². The maximum atomic E-state index is 13.0. The Morgan fingerprint density at radius 2 is 1.89 bits per heavy atom. The second-order valence-electron chi connectivity index (χ2n) is 7.36. The zero-order valence-corrected chi connectivity index (χ0v) is 17.3. The van der Waals surface area contributed by atoms with Gasteiger partial charge in [-0.05, 0) is 63.5 Å².